The van der Waals surface area contributed by atoms with E-state index in [9.17, 15) is 14.4 Å². The number of ether oxygens (including phenoxy) is 1. The molecular formula is C15H18O4. The molecule has 0 aromatic rings. The Labute approximate surface area is 112 Å². The lowest BCUT2D eigenvalue weighted by molar-refractivity contribution is -0.135. The van der Waals surface area contributed by atoms with Crippen LogP contribution in [0.4, 0.5) is 0 Å². The molecule has 1 atom stereocenters. The van der Waals surface area contributed by atoms with Gasteiger partial charge in [0.2, 0.25) is 0 Å². The van der Waals surface area contributed by atoms with E-state index in [2.05, 4.69) is 13.2 Å². The molecule has 0 aliphatic carbocycles. The van der Waals surface area contributed by atoms with Crippen LogP contribution in [-0.2, 0) is 19.1 Å². The number of hydrogen-bond acceptors (Lipinski definition) is 4. The Hall–Kier alpha value is -1.97. The maximum Gasteiger partial charge on any atom is 0.333 e. The highest BCUT2D eigenvalue weighted by atomic mass is 16.5. The predicted molar refractivity (Wildman–Crippen MR) is 71.4 cm³/mol. The Morgan fingerprint density at radius 1 is 1.42 bits per heavy atom. The van der Waals surface area contributed by atoms with Crippen LogP contribution in [0.15, 0.2) is 36.0 Å². The van der Waals surface area contributed by atoms with Gasteiger partial charge in [-0.05, 0) is 25.5 Å². The van der Waals surface area contributed by atoms with Crippen molar-refractivity contribution < 1.29 is 19.1 Å². The van der Waals surface area contributed by atoms with Gasteiger partial charge in [0.15, 0.2) is 11.6 Å². The molecule has 19 heavy (non-hydrogen) atoms. The molecule has 0 saturated carbocycles. The van der Waals surface area contributed by atoms with Crippen LogP contribution in [0.1, 0.15) is 26.7 Å². The molecule has 4 heteroatoms. The first kappa shape index (κ1) is 15.1. The molecule has 0 amide bonds. The highest BCUT2D eigenvalue weighted by molar-refractivity contribution is 6.03. The third-order valence-corrected chi connectivity index (χ3v) is 2.83. The molecule has 0 aromatic heterocycles. The molecule has 0 spiro atoms. The van der Waals surface area contributed by atoms with Gasteiger partial charge in [0.25, 0.3) is 0 Å². The number of allylic oxidation sites excluding steroid dienone is 3. The molecular weight excluding hydrogens is 244 g/mol. The number of esters is 1. The molecule has 1 aliphatic heterocycles. The molecule has 0 aromatic carbocycles. The molecule has 4 nitrogen and oxygen atoms in total. The lowest BCUT2D eigenvalue weighted by Gasteiger charge is -2.07. The van der Waals surface area contributed by atoms with Crippen molar-refractivity contribution in [2.24, 2.45) is 5.92 Å². The number of carbonyl (C=O) groups excluding carboxylic acids is 3. The van der Waals surface area contributed by atoms with Gasteiger partial charge < -0.3 is 4.74 Å². The van der Waals surface area contributed by atoms with Gasteiger partial charge in [-0.2, -0.15) is 0 Å². The Morgan fingerprint density at radius 2 is 2.05 bits per heavy atom. The zero-order valence-corrected chi connectivity index (χ0v) is 11.3. The van der Waals surface area contributed by atoms with Gasteiger partial charge in [-0.15, -0.1) is 0 Å². The van der Waals surface area contributed by atoms with E-state index in [0.29, 0.717) is 5.57 Å². The van der Waals surface area contributed by atoms with E-state index in [-0.39, 0.29) is 42.5 Å². The summed E-state index contributed by atoms with van der Waals surface area (Å²) in [5.41, 5.74) is 1.46. The number of cyclic esters (lactones) is 1. The van der Waals surface area contributed by atoms with E-state index in [4.69, 9.17) is 4.74 Å². The Bertz CT molecular complexity index is 478. The van der Waals surface area contributed by atoms with Crippen molar-refractivity contribution in [3.8, 4) is 0 Å². The van der Waals surface area contributed by atoms with Crippen LogP contribution in [0.3, 0.4) is 0 Å². The van der Waals surface area contributed by atoms with Crippen LogP contribution >= 0.6 is 0 Å². The Kier molecular flexibility index (Phi) is 4.98. The first-order valence-corrected chi connectivity index (χ1v) is 6.06. The SMILES string of the molecule is C=C(CC(=O)C=C(C)C)C(=O)C[C@@H]1COC(=O)C1=C. The molecule has 0 bridgehead atoms. The summed E-state index contributed by atoms with van der Waals surface area (Å²) in [4.78, 5) is 34.5. The van der Waals surface area contributed by atoms with Crippen LogP contribution < -0.4 is 0 Å². The van der Waals surface area contributed by atoms with E-state index in [0.717, 1.165) is 5.57 Å². The Morgan fingerprint density at radius 3 is 2.53 bits per heavy atom. The normalized spacial score (nSPS) is 17.9. The van der Waals surface area contributed by atoms with E-state index >= 15 is 0 Å². The topological polar surface area (TPSA) is 60.4 Å². The van der Waals surface area contributed by atoms with Gasteiger partial charge in [0.1, 0.15) is 0 Å². The number of rotatable bonds is 6. The first-order chi connectivity index (χ1) is 8.81. The number of carbonyl (C=O) groups is 3. The second-order valence-corrected chi connectivity index (χ2v) is 4.92. The summed E-state index contributed by atoms with van der Waals surface area (Å²) in [7, 11) is 0. The molecule has 1 aliphatic rings. The smallest absolute Gasteiger partial charge is 0.333 e. The summed E-state index contributed by atoms with van der Waals surface area (Å²) < 4.78 is 4.80. The summed E-state index contributed by atoms with van der Waals surface area (Å²) >= 11 is 0. The minimum atomic E-state index is -0.455. The lowest BCUT2D eigenvalue weighted by atomic mass is 9.93. The van der Waals surface area contributed by atoms with Crippen molar-refractivity contribution in [3.05, 3.63) is 36.0 Å². The van der Waals surface area contributed by atoms with Gasteiger partial charge in [0, 0.05) is 24.3 Å². The monoisotopic (exact) mass is 262 g/mol. The maximum absolute atomic E-state index is 11.9. The second kappa shape index (κ2) is 6.27. The summed E-state index contributed by atoms with van der Waals surface area (Å²) in [6.45, 7) is 11.0. The third kappa shape index (κ3) is 4.32. The third-order valence-electron chi connectivity index (χ3n) is 2.83. The van der Waals surface area contributed by atoms with Crippen LogP contribution in [-0.4, -0.2) is 24.1 Å². The van der Waals surface area contributed by atoms with E-state index in [1.165, 1.54) is 6.08 Å². The summed E-state index contributed by atoms with van der Waals surface area (Å²) in [6, 6.07) is 0. The fourth-order valence-electron chi connectivity index (χ4n) is 1.77. The van der Waals surface area contributed by atoms with Crippen LogP contribution in [0.5, 0.6) is 0 Å². The molecule has 1 saturated heterocycles. The number of Topliss-reactive ketones (excluding diaryl/α,β-unsaturated/α-hetero) is 1. The standard InChI is InChI=1S/C15H18O4/c1-9(2)5-13(16)6-10(3)14(17)7-12-8-19-15(18)11(12)4/h5,12H,3-4,6-8H2,1-2H3/t12-/m1/s1. The minimum absolute atomic E-state index is 0.0119. The van der Waals surface area contributed by atoms with Gasteiger partial charge in [0.05, 0.1) is 6.61 Å². The highest BCUT2D eigenvalue weighted by Crippen LogP contribution is 2.24. The highest BCUT2D eigenvalue weighted by Gasteiger charge is 2.30. The van der Waals surface area contributed by atoms with Crippen LogP contribution in [0.25, 0.3) is 0 Å². The Balaban J connectivity index is 2.52. The van der Waals surface area contributed by atoms with E-state index in [1.54, 1.807) is 0 Å². The molecule has 1 fully saturated rings. The second-order valence-electron chi connectivity index (χ2n) is 4.92. The average molecular weight is 262 g/mol. The van der Waals surface area contributed by atoms with Gasteiger partial charge in [-0.25, -0.2) is 4.79 Å². The van der Waals surface area contributed by atoms with E-state index in [1.807, 2.05) is 13.8 Å². The van der Waals surface area contributed by atoms with Gasteiger partial charge in [-0.3, -0.25) is 9.59 Å². The van der Waals surface area contributed by atoms with Gasteiger partial charge >= 0.3 is 5.97 Å². The van der Waals surface area contributed by atoms with Crippen molar-refractivity contribution in [2.45, 2.75) is 26.7 Å². The maximum atomic E-state index is 11.9. The van der Waals surface area contributed by atoms with Crippen LogP contribution in [0.2, 0.25) is 0 Å². The van der Waals surface area contributed by atoms with Crippen molar-refractivity contribution in [2.75, 3.05) is 6.61 Å². The van der Waals surface area contributed by atoms with Gasteiger partial charge in [-0.1, -0.05) is 18.7 Å². The first-order valence-electron chi connectivity index (χ1n) is 6.06. The fraction of sp³-hybridized carbons (Fsp3) is 0.400. The zero-order valence-electron chi connectivity index (χ0n) is 11.3. The predicted octanol–water partition coefficient (Wildman–Crippen LogP) is 2.16. The lowest BCUT2D eigenvalue weighted by Crippen LogP contribution is -2.13. The fourth-order valence-corrected chi connectivity index (χ4v) is 1.77. The van der Waals surface area contributed by atoms with Crippen molar-refractivity contribution in [1.82, 2.24) is 0 Å². The molecule has 1 rings (SSSR count). The quantitative estimate of drug-likeness (QED) is 0.543. The summed E-state index contributed by atoms with van der Waals surface area (Å²) in [6.07, 6.45) is 1.61. The number of hydrogen-bond donors (Lipinski definition) is 0. The molecule has 1 heterocycles. The summed E-state index contributed by atoms with van der Waals surface area (Å²) in [5.74, 6) is -1.12. The molecule has 0 unspecified atom stereocenters. The average Bonchev–Trinajstić information content (AvgIpc) is 2.59. The van der Waals surface area contributed by atoms with Crippen molar-refractivity contribution in [1.29, 1.82) is 0 Å². The molecule has 102 valence electrons. The van der Waals surface area contributed by atoms with Crippen molar-refractivity contribution in [3.63, 3.8) is 0 Å². The van der Waals surface area contributed by atoms with Crippen molar-refractivity contribution >= 4 is 17.5 Å². The van der Waals surface area contributed by atoms with E-state index < -0.39 is 5.97 Å². The minimum Gasteiger partial charge on any atom is -0.462 e. The largest absolute Gasteiger partial charge is 0.462 e. The number of ketones is 2. The van der Waals surface area contributed by atoms with Crippen LogP contribution in [0, 0.1) is 5.92 Å². The summed E-state index contributed by atoms with van der Waals surface area (Å²) in [5, 5.41) is 0. The zero-order chi connectivity index (χ0) is 14.6. The molecule has 0 N–H and O–H groups in total. The molecule has 0 radical (unpaired) electrons.